The van der Waals surface area contributed by atoms with Crippen LogP contribution in [0.3, 0.4) is 0 Å². The van der Waals surface area contributed by atoms with E-state index in [1.165, 1.54) is 11.5 Å². The fourth-order valence-corrected chi connectivity index (χ4v) is 3.61. The number of aromatic nitrogens is 4. The molecule has 0 atom stereocenters. The summed E-state index contributed by atoms with van der Waals surface area (Å²) in [7, 11) is 0. The van der Waals surface area contributed by atoms with Crippen molar-refractivity contribution in [1.29, 1.82) is 0 Å². The molecule has 0 saturated heterocycles. The van der Waals surface area contributed by atoms with Crippen molar-refractivity contribution in [2.45, 2.75) is 13.5 Å². The van der Waals surface area contributed by atoms with Crippen LogP contribution >= 0.6 is 27.5 Å². The van der Waals surface area contributed by atoms with E-state index >= 15 is 0 Å². The van der Waals surface area contributed by atoms with Gasteiger partial charge in [0.2, 0.25) is 0 Å². The summed E-state index contributed by atoms with van der Waals surface area (Å²) in [4.78, 5) is 13.4. The molecule has 1 aromatic heterocycles. The first-order valence-electron chi connectivity index (χ1n) is 6.49. The van der Waals surface area contributed by atoms with Gasteiger partial charge in [0.1, 0.15) is 16.6 Å². The summed E-state index contributed by atoms with van der Waals surface area (Å²) < 4.78 is 7.39. The van der Waals surface area contributed by atoms with Crippen molar-refractivity contribution in [3.63, 3.8) is 0 Å². The molecule has 3 aliphatic heterocycles. The maximum Gasteiger partial charge on any atom is 0.252 e. The molecule has 8 heteroatoms. The number of nitrogens with one attached hydrogen (secondary N) is 1. The van der Waals surface area contributed by atoms with Gasteiger partial charge in [-0.1, -0.05) is 0 Å². The first kappa shape index (κ1) is 12.9. The second-order valence-corrected chi connectivity index (χ2v) is 6.42. The normalized spacial score (nSPS) is 14.5. The zero-order valence-electron chi connectivity index (χ0n) is 11.2. The maximum absolute atomic E-state index is 4.60. The molecule has 0 spiro atoms. The minimum absolute atomic E-state index is 0.468. The summed E-state index contributed by atoms with van der Waals surface area (Å²) in [5, 5.41) is 4.17. The number of hydrogen-bond donors (Lipinski definition) is 1. The Balaban J connectivity index is 1.92. The Hall–Kier alpha value is -1.80. The highest BCUT2D eigenvalue weighted by molar-refractivity contribution is 9.10. The second-order valence-electron chi connectivity index (χ2n) is 4.79. The van der Waals surface area contributed by atoms with E-state index in [1.54, 1.807) is 0 Å². The van der Waals surface area contributed by atoms with Crippen LogP contribution in [0, 0.1) is 6.92 Å². The first-order chi connectivity index (χ1) is 10.2. The van der Waals surface area contributed by atoms with Gasteiger partial charge in [-0.2, -0.15) is 14.3 Å². The van der Waals surface area contributed by atoms with Gasteiger partial charge in [-0.05, 0) is 46.5 Å². The van der Waals surface area contributed by atoms with Gasteiger partial charge in [-0.3, -0.25) is 0 Å². The zero-order valence-corrected chi connectivity index (χ0v) is 13.6. The van der Waals surface area contributed by atoms with Crippen molar-refractivity contribution in [2.24, 2.45) is 4.99 Å². The maximum atomic E-state index is 4.60. The molecular formula is C13H11BrN6S. The monoisotopic (exact) mass is 362 g/mol. The Labute approximate surface area is 133 Å². The molecule has 106 valence electrons. The van der Waals surface area contributed by atoms with Crippen LogP contribution in [0.2, 0.25) is 0 Å². The molecular weight excluding hydrogens is 352 g/mol. The lowest BCUT2D eigenvalue weighted by molar-refractivity contribution is 0.778. The Morgan fingerprint density at radius 1 is 1.43 bits per heavy atom. The molecule has 0 aromatic carbocycles. The number of pyridine rings is 1. The number of hydrogen-bond acceptors (Lipinski definition) is 6. The van der Waals surface area contributed by atoms with E-state index in [-0.39, 0.29) is 0 Å². The number of aryl methyl sites for hydroxylation is 1. The van der Waals surface area contributed by atoms with Gasteiger partial charge in [0.05, 0.1) is 10.2 Å². The topological polar surface area (TPSA) is 68.0 Å². The average molecular weight is 363 g/mol. The summed E-state index contributed by atoms with van der Waals surface area (Å²) in [5.41, 5.74) is 2.42. The summed E-state index contributed by atoms with van der Waals surface area (Å²) in [6.45, 7) is 3.74. The Kier molecular flexibility index (Phi) is 3.00. The van der Waals surface area contributed by atoms with E-state index in [1.807, 2.05) is 25.3 Å². The molecule has 6 nitrogen and oxygen atoms in total. The largest absolute Gasteiger partial charge is 0.369 e. The van der Waals surface area contributed by atoms with Gasteiger partial charge in [0, 0.05) is 24.8 Å². The number of anilines is 1. The van der Waals surface area contributed by atoms with Crippen LogP contribution in [0.5, 0.6) is 0 Å². The fourth-order valence-electron chi connectivity index (χ4n) is 2.37. The van der Waals surface area contributed by atoms with Crippen LogP contribution < -0.4 is 10.9 Å². The standard InChI is InChI=1S/C13H11BrN6S/c1-7-4-10(21-19-7)17-13-16-6-8-5-9(14)12-15-2-3-20(12)11(8)18-13/h4-6,15H,2-3H2,1H3. The molecule has 0 radical (unpaired) electrons. The molecule has 0 bridgehead atoms. The van der Waals surface area contributed by atoms with Crippen LogP contribution in [-0.4, -0.2) is 25.5 Å². The predicted molar refractivity (Wildman–Crippen MR) is 84.9 cm³/mol. The Morgan fingerprint density at radius 2 is 2.33 bits per heavy atom. The lowest BCUT2D eigenvalue weighted by atomic mass is 10.2. The molecule has 4 rings (SSSR count). The van der Waals surface area contributed by atoms with Gasteiger partial charge in [0.25, 0.3) is 5.62 Å². The summed E-state index contributed by atoms with van der Waals surface area (Å²) in [6, 6.07) is 3.96. The summed E-state index contributed by atoms with van der Waals surface area (Å²) >= 11 is 4.93. The van der Waals surface area contributed by atoms with Crippen molar-refractivity contribution in [3.05, 3.63) is 34.1 Å². The van der Waals surface area contributed by atoms with Gasteiger partial charge < -0.3 is 9.88 Å². The number of halogens is 1. The summed E-state index contributed by atoms with van der Waals surface area (Å²) in [5.74, 6) is 1.95. The van der Waals surface area contributed by atoms with Crippen molar-refractivity contribution >= 4 is 38.3 Å². The van der Waals surface area contributed by atoms with Gasteiger partial charge >= 0.3 is 0 Å². The third kappa shape index (κ3) is 2.24. The number of fused-ring (bicyclic) bond motifs is 3. The van der Waals surface area contributed by atoms with E-state index < -0.39 is 0 Å². The lowest BCUT2D eigenvalue weighted by Crippen LogP contribution is -2.17. The van der Waals surface area contributed by atoms with Crippen LogP contribution in [0.4, 0.5) is 10.8 Å². The molecule has 0 amide bonds. The Morgan fingerprint density at radius 3 is 3.14 bits per heavy atom. The van der Waals surface area contributed by atoms with Gasteiger partial charge in [-0.25, -0.2) is 4.98 Å². The van der Waals surface area contributed by atoms with E-state index in [0.29, 0.717) is 5.62 Å². The molecule has 0 aliphatic carbocycles. The van der Waals surface area contributed by atoms with E-state index in [2.05, 4.69) is 45.1 Å². The van der Waals surface area contributed by atoms with Crippen LogP contribution in [-0.2, 0) is 6.54 Å². The second kappa shape index (κ2) is 4.88. The predicted octanol–water partition coefficient (Wildman–Crippen LogP) is 2.57. The minimum atomic E-state index is 0.468. The minimum Gasteiger partial charge on any atom is -0.369 e. The molecule has 1 aromatic rings. The van der Waals surface area contributed by atoms with Gasteiger partial charge in [0.15, 0.2) is 0 Å². The van der Waals surface area contributed by atoms with Crippen molar-refractivity contribution in [2.75, 3.05) is 11.9 Å². The first-order valence-corrected chi connectivity index (χ1v) is 8.05. The van der Waals surface area contributed by atoms with E-state index in [4.69, 9.17) is 0 Å². The van der Waals surface area contributed by atoms with E-state index in [9.17, 15) is 0 Å². The van der Waals surface area contributed by atoms with Crippen LogP contribution in [0.25, 0.3) is 11.4 Å². The quantitative estimate of drug-likeness (QED) is 0.722. The highest BCUT2D eigenvalue weighted by atomic mass is 79.9. The summed E-state index contributed by atoms with van der Waals surface area (Å²) in [6.07, 6.45) is 1.81. The molecule has 3 aliphatic rings. The highest BCUT2D eigenvalue weighted by Crippen LogP contribution is 2.33. The molecule has 1 N–H and O–H groups in total. The third-order valence-electron chi connectivity index (χ3n) is 3.27. The number of nitrogens with zero attached hydrogens (tertiary/aromatic N) is 5. The van der Waals surface area contributed by atoms with Crippen LogP contribution in [0.1, 0.15) is 5.69 Å². The average Bonchev–Trinajstić information content (AvgIpc) is 3.09. The molecule has 4 heterocycles. The van der Waals surface area contributed by atoms with Crippen molar-refractivity contribution < 1.29 is 0 Å². The van der Waals surface area contributed by atoms with Gasteiger partial charge in [-0.15, -0.1) is 0 Å². The third-order valence-corrected chi connectivity index (χ3v) is 4.65. The van der Waals surface area contributed by atoms with Crippen molar-refractivity contribution in [3.8, 4) is 11.4 Å². The molecule has 21 heavy (non-hydrogen) atoms. The number of rotatable bonds is 1. The zero-order chi connectivity index (χ0) is 14.4. The molecule has 0 fully saturated rings. The van der Waals surface area contributed by atoms with Crippen LogP contribution in [0.15, 0.2) is 27.8 Å². The Bertz CT molecular complexity index is 867. The van der Waals surface area contributed by atoms with Crippen molar-refractivity contribution in [1.82, 2.24) is 18.9 Å². The molecule has 0 unspecified atom stereocenters. The SMILES string of the molecule is Cc1cc(N=c2ncc3cc(Br)c4n(c-3n2)CCN4)sn1. The van der Waals surface area contributed by atoms with E-state index in [0.717, 1.165) is 45.5 Å². The molecule has 0 saturated carbocycles. The smallest absolute Gasteiger partial charge is 0.252 e. The lowest BCUT2D eigenvalue weighted by Gasteiger charge is -2.13. The fraction of sp³-hybridized carbons (Fsp3) is 0.231. The highest BCUT2D eigenvalue weighted by Gasteiger charge is 2.19.